The second-order valence-electron chi connectivity index (χ2n) is 4.00. The lowest BCUT2D eigenvalue weighted by Gasteiger charge is -2.11. The molecular formula is C13H18N4O3S. The molecule has 0 unspecified atom stereocenters. The van der Waals surface area contributed by atoms with Crippen molar-refractivity contribution in [3.05, 3.63) is 30.3 Å². The third-order valence-electron chi connectivity index (χ3n) is 2.09. The highest BCUT2D eigenvalue weighted by Crippen LogP contribution is 2.12. The summed E-state index contributed by atoms with van der Waals surface area (Å²) < 4.78 is 7.68. The number of hydrogen-bond donors (Lipinski definition) is 2. The summed E-state index contributed by atoms with van der Waals surface area (Å²) in [4.78, 5) is 29.0. The molecule has 0 aliphatic rings. The quantitative estimate of drug-likeness (QED) is 0.508. The van der Waals surface area contributed by atoms with Crippen LogP contribution in [0.2, 0.25) is 0 Å². The lowest BCUT2D eigenvalue weighted by molar-refractivity contribution is 0.224. The average molecular weight is 310 g/mol. The second-order valence-corrected chi connectivity index (χ2v) is 4.88. The van der Waals surface area contributed by atoms with E-state index >= 15 is 0 Å². The molecule has 0 fully saturated rings. The van der Waals surface area contributed by atoms with Gasteiger partial charge < -0.3 is 9.64 Å². The lowest BCUT2D eigenvalue weighted by Crippen LogP contribution is -2.39. The van der Waals surface area contributed by atoms with Crippen molar-refractivity contribution in [1.29, 1.82) is 0 Å². The maximum Gasteiger partial charge on any atom is 0.347 e. The van der Waals surface area contributed by atoms with Crippen LogP contribution < -0.4 is 10.0 Å². The minimum atomic E-state index is -0.525. The molecule has 0 saturated heterocycles. The van der Waals surface area contributed by atoms with Crippen LogP contribution in [0.3, 0.4) is 0 Å². The van der Waals surface area contributed by atoms with Gasteiger partial charge in [-0.15, -0.1) is 4.99 Å². The van der Waals surface area contributed by atoms with E-state index in [1.54, 1.807) is 21.0 Å². The van der Waals surface area contributed by atoms with Gasteiger partial charge in [0.05, 0.1) is 6.61 Å². The van der Waals surface area contributed by atoms with Crippen LogP contribution in [0.25, 0.3) is 0 Å². The van der Waals surface area contributed by atoms with Gasteiger partial charge in [-0.1, -0.05) is 18.2 Å². The summed E-state index contributed by atoms with van der Waals surface area (Å²) in [5.74, 6) is 0. The first-order valence-electron chi connectivity index (χ1n) is 6.24. The molecule has 0 spiro atoms. The van der Waals surface area contributed by atoms with Gasteiger partial charge in [0.25, 0.3) is 0 Å². The van der Waals surface area contributed by atoms with Crippen molar-refractivity contribution in [3.63, 3.8) is 0 Å². The molecule has 0 aliphatic carbocycles. The SMILES string of the molecule is CCOC(=NC(=O)N(C)C)NC(=O)NSc1ccccc1. The Balaban J connectivity index is 2.54. The van der Waals surface area contributed by atoms with Gasteiger partial charge in [0.15, 0.2) is 0 Å². The number of amides is 4. The zero-order valence-electron chi connectivity index (χ0n) is 12.1. The number of ether oxygens (including phenoxy) is 1. The number of urea groups is 2. The van der Waals surface area contributed by atoms with Gasteiger partial charge in [-0.2, -0.15) is 0 Å². The van der Waals surface area contributed by atoms with E-state index in [0.717, 1.165) is 16.8 Å². The molecule has 1 aromatic rings. The van der Waals surface area contributed by atoms with E-state index in [2.05, 4.69) is 15.0 Å². The number of hydrogen-bond acceptors (Lipinski definition) is 4. The number of carbonyl (C=O) groups is 2. The van der Waals surface area contributed by atoms with E-state index in [1.807, 2.05) is 30.3 Å². The highest BCUT2D eigenvalue weighted by molar-refractivity contribution is 7.98. The van der Waals surface area contributed by atoms with Gasteiger partial charge in [0, 0.05) is 19.0 Å². The van der Waals surface area contributed by atoms with Gasteiger partial charge in [-0.05, 0) is 31.0 Å². The molecular weight excluding hydrogens is 292 g/mol. The minimum Gasteiger partial charge on any atom is -0.465 e. The van der Waals surface area contributed by atoms with Crippen LogP contribution in [-0.2, 0) is 4.74 Å². The Morgan fingerprint density at radius 1 is 1.29 bits per heavy atom. The zero-order chi connectivity index (χ0) is 15.7. The zero-order valence-corrected chi connectivity index (χ0v) is 12.9. The summed E-state index contributed by atoms with van der Waals surface area (Å²) >= 11 is 1.15. The van der Waals surface area contributed by atoms with E-state index in [9.17, 15) is 9.59 Å². The highest BCUT2D eigenvalue weighted by Gasteiger charge is 2.10. The van der Waals surface area contributed by atoms with E-state index in [1.165, 1.54) is 4.90 Å². The van der Waals surface area contributed by atoms with Crippen molar-refractivity contribution >= 4 is 30.0 Å². The predicted molar refractivity (Wildman–Crippen MR) is 82.1 cm³/mol. The second kappa shape index (κ2) is 8.85. The van der Waals surface area contributed by atoms with Crippen molar-refractivity contribution in [1.82, 2.24) is 14.9 Å². The number of benzene rings is 1. The molecule has 0 aliphatic heterocycles. The molecule has 0 bridgehead atoms. The van der Waals surface area contributed by atoms with E-state index in [0.29, 0.717) is 0 Å². The maximum absolute atomic E-state index is 11.7. The number of nitrogens with zero attached hydrogens (tertiary/aromatic N) is 2. The number of nitrogens with one attached hydrogen (secondary N) is 2. The summed E-state index contributed by atoms with van der Waals surface area (Å²) in [5.41, 5.74) is 0. The Morgan fingerprint density at radius 2 is 1.95 bits per heavy atom. The average Bonchev–Trinajstić information content (AvgIpc) is 2.46. The molecule has 114 valence electrons. The Labute approximate surface area is 127 Å². The van der Waals surface area contributed by atoms with E-state index in [-0.39, 0.29) is 12.6 Å². The smallest absolute Gasteiger partial charge is 0.347 e. The third-order valence-corrected chi connectivity index (χ3v) is 2.88. The van der Waals surface area contributed by atoms with Gasteiger partial charge >= 0.3 is 18.1 Å². The molecule has 8 heteroatoms. The lowest BCUT2D eigenvalue weighted by atomic mass is 10.4. The summed E-state index contributed by atoms with van der Waals surface area (Å²) in [7, 11) is 3.11. The van der Waals surface area contributed by atoms with Crippen molar-refractivity contribution in [2.75, 3.05) is 20.7 Å². The maximum atomic E-state index is 11.7. The molecule has 21 heavy (non-hydrogen) atoms. The summed E-state index contributed by atoms with van der Waals surface area (Å²) in [6.45, 7) is 2.01. The van der Waals surface area contributed by atoms with E-state index < -0.39 is 12.1 Å². The molecule has 0 radical (unpaired) electrons. The Hall–Kier alpha value is -2.22. The number of amidine groups is 1. The summed E-state index contributed by atoms with van der Waals surface area (Å²) in [6.07, 6.45) is 0. The van der Waals surface area contributed by atoms with Gasteiger partial charge in [0.2, 0.25) is 0 Å². The van der Waals surface area contributed by atoms with Crippen molar-refractivity contribution < 1.29 is 14.3 Å². The first-order valence-corrected chi connectivity index (χ1v) is 7.06. The summed E-state index contributed by atoms with van der Waals surface area (Å²) in [6, 6.07) is 8.15. The van der Waals surface area contributed by atoms with Crippen molar-refractivity contribution in [3.8, 4) is 0 Å². The van der Waals surface area contributed by atoms with Crippen LogP contribution >= 0.6 is 11.9 Å². The molecule has 4 amide bonds. The van der Waals surface area contributed by atoms with Crippen LogP contribution in [0.4, 0.5) is 9.59 Å². The number of carbonyl (C=O) groups excluding carboxylic acids is 2. The van der Waals surface area contributed by atoms with Crippen molar-refractivity contribution in [2.45, 2.75) is 11.8 Å². The fourth-order valence-corrected chi connectivity index (χ4v) is 1.69. The molecule has 0 saturated carbocycles. The van der Waals surface area contributed by atoms with Crippen molar-refractivity contribution in [2.24, 2.45) is 4.99 Å². The fourth-order valence-electron chi connectivity index (χ4n) is 1.14. The Bertz CT molecular complexity index is 505. The minimum absolute atomic E-state index is 0.137. The van der Waals surface area contributed by atoms with E-state index in [4.69, 9.17) is 4.74 Å². The first-order chi connectivity index (χ1) is 10.0. The number of rotatable bonds is 3. The molecule has 0 atom stereocenters. The molecule has 7 nitrogen and oxygen atoms in total. The largest absolute Gasteiger partial charge is 0.465 e. The molecule has 2 N–H and O–H groups in total. The Kier molecular flexibility index (Phi) is 7.10. The normalized spacial score (nSPS) is 10.7. The van der Waals surface area contributed by atoms with Gasteiger partial charge in [-0.25, -0.2) is 9.59 Å². The van der Waals surface area contributed by atoms with Gasteiger partial charge in [-0.3, -0.25) is 10.0 Å². The standard InChI is InChI=1S/C13H18N4O3S/c1-4-20-12(15-13(19)17(2)3)14-11(18)16-21-10-8-6-5-7-9-10/h5-9H,4H2,1-3H3,(H2,14,15,16,18,19). The van der Waals surface area contributed by atoms with Crippen LogP contribution in [-0.4, -0.2) is 43.7 Å². The topological polar surface area (TPSA) is 83.0 Å². The summed E-state index contributed by atoms with van der Waals surface area (Å²) in [5, 5.41) is 2.38. The van der Waals surface area contributed by atoms with Crippen LogP contribution in [0.1, 0.15) is 6.92 Å². The molecule has 1 rings (SSSR count). The van der Waals surface area contributed by atoms with Crippen LogP contribution in [0.15, 0.2) is 40.2 Å². The molecule has 0 aromatic heterocycles. The predicted octanol–water partition coefficient (Wildman–Crippen LogP) is 2.07. The molecule has 0 heterocycles. The van der Waals surface area contributed by atoms with Crippen LogP contribution in [0.5, 0.6) is 0 Å². The Morgan fingerprint density at radius 3 is 2.52 bits per heavy atom. The molecule has 1 aromatic carbocycles. The monoisotopic (exact) mass is 310 g/mol. The number of aliphatic imine (C=N–C) groups is 1. The van der Waals surface area contributed by atoms with Crippen LogP contribution in [0, 0.1) is 0 Å². The fraction of sp³-hybridized carbons (Fsp3) is 0.308. The van der Waals surface area contributed by atoms with Gasteiger partial charge in [0.1, 0.15) is 0 Å². The highest BCUT2D eigenvalue weighted by atomic mass is 32.2. The third kappa shape index (κ3) is 6.66. The first kappa shape index (κ1) is 16.8.